The summed E-state index contributed by atoms with van der Waals surface area (Å²) in [5, 5.41) is 7.91. The normalized spacial score (nSPS) is 18.6. The molecule has 0 bridgehead atoms. The zero-order valence-electron chi connectivity index (χ0n) is 14.5. The summed E-state index contributed by atoms with van der Waals surface area (Å²) in [5.74, 6) is -1.14. The first kappa shape index (κ1) is 17.7. The minimum atomic E-state index is -0.619. The summed E-state index contributed by atoms with van der Waals surface area (Å²) in [6.07, 6.45) is 5.86. The van der Waals surface area contributed by atoms with Gasteiger partial charge < -0.3 is 16.0 Å². The Morgan fingerprint density at radius 2 is 1.96 bits per heavy atom. The van der Waals surface area contributed by atoms with Crippen LogP contribution in [-0.2, 0) is 0 Å². The first-order chi connectivity index (χ1) is 12.0. The average Bonchev–Trinajstić information content (AvgIpc) is 3.15. The maximum Gasteiger partial charge on any atom is 0.319 e. The third-order valence-corrected chi connectivity index (χ3v) is 5.38. The van der Waals surface area contributed by atoms with Crippen LogP contribution in [0.5, 0.6) is 0 Å². The SMILES string of the molecule is CNC(=O)c1cc(NC(=O)NCCC23CCCN2CCC3)ccc1F. The van der Waals surface area contributed by atoms with Gasteiger partial charge in [0.25, 0.3) is 5.91 Å². The number of nitrogens with one attached hydrogen (secondary N) is 3. The van der Waals surface area contributed by atoms with Crippen LogP contribution in [0, 0.1) is 5.82 Å². The average molecular weight is 348 g/mol. The molecule has 0 spiro atoms. The lowest BCUT2D eigenvalue weighted by molar-refractivity contribution is 0.0959. The lowest BCUT2D eigenvalue weighted by Gasteiger charge is -2.32. The molecule has 1 aromatic carbocycles. The smallest absolute Gasteiger partial charge is 0.319 e. The summed E-state index contributed by atoms with van der Waals surface area (Å²) < 4.78 is 13.6. The Kier molecular flexibility index (Phi) is 5.22. The number of hydrogen-bond acceptors (Lipinski definition) is 3. The molecule has 7 heteroatoms. The van der Waals surface area contributed by atoms with E-state index < -0.39 is 11.7 Å². The minimum Gasteiger partial charge on any atom is -0.355 e. The maximum atomic E-state index is 13.6. The van der Waals surface area contributed by atoms with E-state index in [4.69, 9.17) is 0 Å². The highest BCUT2D eigenvalue weighted by atomic mass is 19.1. The van der Waals surface area contributed by atoms with Crippen molar-refractivity contribution >= 4 is 17.6 Å². The number of amides is 3. The van der Waals surface area contributed by atoms with Crippen LogP contribution in [0.15, 0.2) is 18.2 Å². The number of fused-ring (bicyclic) bond motifs is 1. The molecule has 0 aromatic heterocycles. The summed E-state index contributed by atoms with van der Waals surface area (Å²) in [5.41, 5.74) is 0.570. The van der Waals surface area contributed by atoms with Crippen LogP contribution in [0.4, 0.5) is 14.9 Å². The number of anilines is 1. The predicted octanol–water partition coefficient (Wildman–Crippen LogP) is 2.33. The van der Waals surface area contributed by atoms with Crippen molar-refractivity contribution in [2.45, 2.75) is 37.6 Å². The van der Waals surface area contributed by atoms with Gasteiger partial charge in [-0.1, -0.05) is 0 Å². The third kappa shape index (κ3) is 3.76. The first-order valence-corrected chi connectivity index (χ1v) is 8.86. The third-order valence-electron chi connectivity index (χ3n) is 5.38. The second-order valence-electron chi connectivity index (χ2n) is 6.82. The summed E-state index contributed by atoms with van der Waals surface area (Å²) in [7, 11) is 1.43. The highest BCUT2D eigenvalue weighted by Crippen LogP contribution is 2.40. The fourth-order valence-electron chi connectivity index (χ4n) is 4.13. The molecule has 0 aliphatic carbocycles. The zero-order chi connectivity index (χ0) is 17.9. The van der Waals surface area contributed by atoms with Crippen LogP contribution in [0.1, 0.15) is 42.5 Å². The Hall–Kier alpha value is -2.15. The summed E-state index contributed by atoms with van der Waals surface area (Å²) in [6, 6.07) is 3.61. The fraction of sp³-hybridized carbons (Fsp3) is 0.556. The monoisotopic (exact) mass is 348 g/mol. The van der Waals surface area contributed by atoms with Gasteiger partial charge in [0.05, 0.1) is 5.56 Å². The molecule has 0 atom stereocenters. The molecule has 2 heterocycles. The van der Waals surface area contributed by atoms with Crippen molar-refractivity contribution in [3.63, 3.8) is 0 Å². The van der Waals surface area contributed by atoms with Gasteiger partial charge in [-0.25, -0.2) is 9.18 Å². The Balaban J connectivity index is 1.52. The van der Waals surface area contributed by atoms with Crippen molar-refractivity contribution in [3.05, 3.63) is 29.6 Å². The Bertz CT molecular complexity index is 654. The van der Waals surface area contributed by atoms with Gasteiger partial charge in [-0.15, -0.1) is 0 Å². The van der Waals surface area contributed by atoms with E-state index >= 15 is 0 Å². The topological polar surface area (TPSA) is 73.5 Å². The van der Waals surface area contributed by atoms with Crippen LogP contribution in [0.3, 0.4) is 0 Å². The molecule has 0 radical (unpaired) electrons. The number of carbonyl (C=O) groups is 2. The Morgan fingerprint density at radius 3 is 2.64 bits per heavy atom. The minimum absolute atomic E-state index is 0.0910. The van der Waals surface area contributed by atoms with E-state index in [1.54, 1.807) is 0 Å². The van der Waals surface area contributed by atoms with E-state index in [1.807, 2.05) is 0 Å². The second-order valence-corrected chi connectivity index (χ2v) is 6.82. The summed E-state index contributed by atoms with van der Waals surface area (Å²) >= 11 is 0. The summed E-state index contributed by atoms with van der Waals surface area (Å²) in [6.45, 7) is 2.94. The molecule has 3 amide bonds. The molecule has 3 rings (SSSR count). The lowest BCUT2D eigenvalue weighted by Crippen LogP contribution is -2.42. The molecule has 2 aliphatic heterocycles. The van der Waals surface area contributed by atoms with Crippen LogP contribution in [-0.4, -0.2) is 49.1 Å². The number of halogens is 1. The Morgan fingerprint density at radius 1 is 1.24 bits per heavy atom. The zero-order valence-corrected chi connectivity index (χ0v) is 14.5. The number of carbonyl (C=O) groups excluding carboxylic acids is 2. The number of nitrogens with zero attached hydrogens (tertiary/aromatic N) is 1. The van der Waals surface area contributed by atoms with E-state index in [0.717, 1.165) is 6.42 Å². The molecule has 2 fully saturated rings. The molecule has 2 saturated heterocycles. The molecule has 6 nitrogen and oxygen atoms in total. The second kappa shape index (κ2) is 7.39. The van der Waals surface area contributed by atoms with Gasteiger partial charge in [-0.2, -0.15) is 0 Å². The van der Waals surface area contributed by atoms with Gasteiger partial charge in [0.15, 0.2) is 0 Å². The van der Waals surface area contributed by atoms with Crippen molar-refractivity contribution in [2.24, 2.45) is 0 Å². The van der Waals surface area contributed by atoms with Crippen molar-refractivity contribution in [1.29, 1.82) is 0 Å². The lowest BCUT2D eigenvalue weighted by atomic mass is 9.90. The van der Waals surface area contributed by atoms with Crippen LogP contribution in [0.2, 0.25) is 0 Å². The van der Waals surface area contributed by atoms with Gasteiger partial charge in [0.1, 0.15) is 5.82 Å². The molecular formula is C18H25FN4O2. The van der Waals surface area contributed by atoms with E-state index in [2.05, 4.69) is 20.9 Å². The molecule has 0 unspecified atom stereocenters. The highest BCUT2D eigenvalue weighted by Gasteiger charge is 2.43. The van der Waals surface area contributed by atoms with E-state index in [9.17, 15) is 14.0 Å². The first-order valence-electron chi connectivity index (χ1n) is 8.86. The van der Waals surface area contributed by atoms with Crippen LogP contribution >= 0.6 is 0 Å². The van der Waals surface area contributed by atoms with E-state index in [-0.39, 0.29) is 17.1 Å². The summed E-state index contributed by atoms with van der Waals surface area (Å²) in [4.78, 5) is 26.3. The van der Waals surface area contributed by atoms with Gasteiger partial charge >= 0.3 is 6.03 Å². The fourth-order valence-corrected chi connectivity index (χ4v) is 4.13. The van der Waals surface area contributed by atoms with Crippen molar-refractivity contribution < 1.29 is 14.0 Å². The van der Waals surface area contributed by atoms with E-state index in [1.165, 1.54) is 64.0 Å². The number of benzene rings is 1. The van der Waals surface area contributed by atoms with Gasteiger partial charge in [-0.3, -0.25) is 9.69 Å². The maximum absolute atomic E-state index is 13.6. The number of rotatable bonds is 5. The molecule has 2 aliphatic rings. The molecule has 0 saturated carbocycles. The van der Waals surface area contributed by atoms with Crippen molar-refractivity contribution in [3.8, 4) is 0 Å². The molecule has 3 N–H and O–H groups in total. The van der Waals surface area contributed by atoms with Crippen LogP contribution < -0.4 is 16.0 Å². The molecular weight excluding hydrogens is 323 g/mol. The van der Waals surface area contributed by atoms with Gasteiger partial charge in [0.2, 0.25) is 0 Å². The van der Waals surface area contributed by atoms with E-state index in [0.29, 0.717) is 12.2 Å². The number of urea groups is 1. The molecule has 136 valence electrons. The highest BCUT2D eigenvalue weighted by molar-refractivity contribution is 5.96. The molecule has 25 heavy (non-hydrogen) atoms. The quantitative estimate of drug-likeness (QED) is 0.765. The van der Waals surface area contributed by atoms with Gasteiger partial charge in [-0.05, 0) is 63.4 Å². The molecule has 1 aromatic rings. The standard InChI is InChI=1S/C18H25FN4O2/c1-20-16(24)14-12-13(4-5-15(14)19)22-17(25)21-9-8-18-6-2-10-23(18)11-3-7-18/h4-5,12H,2-3,6-11H2,1H3,(H,20,24)(H2,21,22,25). The predicted molar refractivity (Wildman–Crippen MR) is 94.2 cm³/mol. The largest absolute Gasteiger partial charge is 0.355 e. The number of hydrogen-bond donors (Lipinski definition) is 3. The Labute approximate surface area is 147 Å². The van der Waals surface area contributed by atoms with Crippen LogP contribution in [0.25, 0.3) is 0 Å². The van der Waals surface area contributed by atoms with Crippen molar-refractivity contribution in [1.82, 2.24) is 15.5 Å². The van der Waals surface area contributed by atoms with Gasteiger partial charge in [0, 0.05) is 24.8 Å². The van der Waals surface area contributed by atoms with Crippen molar-refractivity contribution in [2.75, 3.05) is 32.0 Å².